The number of carboxylic acids is 1. The predicted octanol–water partition coefficient (Wildman–Crippen LogP) is 2.78. The van der Waals surface area contributed by atoms with Crippen LogP contribution in [-0.2, 0) is 4.79 Å². The molecule has 4 nitrogen and oxygen atoms in total. The molecule has 0 fully saturated rings. The highest BCUT2D eigenvalue weighted by molar-refractivity contribution is 5.69. The number of anilines is 1. The van der Waals surface area contributed by atoms with Crippen LogP contribution in [0.5, 0.6) is 0 Å². The molecule has 96 valence electrons. The number of aryl methyl sites for hydroxylation is 1. The van der Waals surface area contributed by atoms with Crippen molar-refractivity contribution in [1.82, 2.24) is 0 Å². The number of carboxylic acid groups (broad SMARTS) is 1. The molecule has 1 rings (SSSR count). The Kier molecular flexibility index (Phi) is 5.19. The van der Waals surface area contributed by atoms with Gasteiger partial charge in [0.1, 0.15) is 6.07 Å². The zero-order chi connectivity index (χ0) is 13.5. The quantitative estimate of drug-likeness (QED) is 0.757. The van der Waals surface area contributed by atoms with Gasteiger partial charge < -0.3 is 10.4 Å². The molecule has 2 N–H and O–H groups in total. The van der Waals surface area contributed by atoms with E-state index in [1.807, 2.05) is 19.1 Å². The monoisotopic (exact) mass is 246 g/mol. The standard InChI is InChI=1S/C14H18N2O2/c1-10-5-3-7-12(9-15)13(10)16-8-4-6-11(2)14(17)18/h3,5,7,11,16H,4,6,8H2,1-2H3,(H,17,18). The van der Waals surface area contributed by atoms with Crippen molar-refractivity contribution in [3.8, 4) is 6.07 Å². The van der Waals surface area contributed by atoms with Gasteiger partial charge in [0, 0.05) is 6.54 Å². The molecule has 1 aromatic carbocycles. The third-order valence-corrected chi connectivity index (χ3v) is 2.93. The van der Waals surface area contributed by atoms with E-state index in [1.54, 1.807) is 13.0 Å². The van der Waals surface area contributed by atoms with E-state index in [0.717, 1.165) is 17.7 Å². The van der Waals surface area contributed by atoms with Gasteiger partial charge in [0.2, 0.25) is 0 Å². The molecule has 0 aliphatic heterocycles. The lowest BCUT2D eigenvalue weighted by Crippen LogP contribution is -2.12. The molecule has 0 amide bonds. The van der Waals surface area contributed by atoms with Crippen LogP contribution < -0.4 is 5.32 Å². The molecule has 1 aromatic rings. The molecule has 0 saturated heterocycles. The Hall–Kier alpha value is -2.02. The maximum atomic E-state index is 10.7. The van der Waals surface area contributed by atoms with Crippen molar-refractivity contribution < 1.29 is 9.90 Å². The number of nitrogens with one attached hydrogen (secondary N) is 1. The predicted molar refractivity (Wildman–Crippen MR) is 70.4 cm³/mol. The van der Waals surface area contributed by atoms with Gasteiger partial charge >= 0.3 is 5.97 Å². The van der Waals surface area contributed by atoms with Crippen molar-refractivity contribution in [1.29, 1.82) is 5.26 Å². The number of nitriles is 1. The Morgan fingerprint density at radius 3 is 2.89 bits per heavy atom. The van der Waals surface area contributed by atoms with Crippen molar-refractivity contribution in [2.45, 2.75) is 26.7 Å². The Labute approximate surface area is 107 Å². The maximum absolute atomic E-state index is 10.7. The lowest BCUT2D eigenvalue weighted by molar-refractivity contribution is -0.141. The van der Waals surface area contributed by atoms with Crippen molar-refractivity contribution in [2.24, 2.45) is 5.92 Å². The lowest BCUT2D eigenvalue weighted by Gasteiger charge is -2.12. The summed E-state index contributed by atoms with van der Waals surface area (Å²) in [4.78, 5) is 10.7. The van der Waals surface area contributed by atoms with Crippen LogP contribution in [0.4, 0.5) is 5.69 Å². The Morgan fingerprint density at radius 2 is 2.28 bits per heavy atom. The molecule has 0 heterocycles. The highest BCUT2D eigenvalue weighted by Crippen LogP contribution is 2.19. The van der Waals surface area contributed by atoms with E-state index in [-0.39, 0.29) is 5.92 Å². The van der Waals surface area contributed by atoms with Crippen LogP contribution >= 0.6 is 0 Å². The van der Waals surface area contributed by atoms with Gasteiger partial charge in [-0.15, -0.1) is 0 Å². The maximum Gasteiger partial charge on any atom is 0.306 e. The van der Waals surface area contributed by atoms with E-state index in [0.29, 0.717) is 18.5 Å². The smallest absolute Gasteiger partial charge is 0.306 e. The zero-order valence-corrected chi connectivity index (χ0v) is 10.7. The minimum atomic E-state index is -0.761. The highest BCUT2D eigenvalue weighted by Gasteiger charge is 2.10. The fourth-order valence-corrected chi connectivity index (χ4v) is 1.74. The summed E-state index contributed by atoms with van der Waals surface area (Å²) in [6, 6.07) is 7.72. The largest absolute Gasteiger partial charge is 0.481 e. The van der Waals surface area contributed by atoms with E-state index in [9.17, 15) is 4.79 Å². The van der Waals surface area contributed by atoms with Crippen molar-refractivity contribution >= 4 is 11.7 Å². The van der Waals surface area contributed by atoms with Gasteiger partial charge in [-0.25, -0.2) is 0 Å². The van der Waals surface area contributed by atoms with Crippen LogP contribution in [0, 0.1) is 24.2 Å². The van der Waals surface area contributed by atoms with Gasteiger partial charge in [0.15, 0.2) is 0 Å². The van der Waals surface area contributed by atoms with Crippen LogP contribution in [0.2, 0.25) is 0 Å². The number of nitrogens with zero attached hydrogens (tertiary/aromatic N) is 1. The molecule has 0 aliphatic rings. The van der Waals surface area contributed by atoms with Crippen molar-refractivity contribution in [3.05, 3.63) is 29.3 Å². The minimum Gasteiger partial charge on any atom is -0.481 e. The molecule has 0 aromatic heterocycles. The van der Waals surface area contributed by atoms with Crippen LogP contribution in [0.25, 0.3) is 0 Å². The molecule has 4 heteroatoms. The Bertz CT molecular complexity index is 463. The summed E-state index contributed by atoms with van der Waals surface area (Å²) in [5.74, 6) is -1.08. The number of hydrogen-bond acceptors (Lipinski definition) is 3. The fraction of sp³-hybridized carbons (Fsp3) is 0.429. The summed E-state index contributed by atoms with van der Waals surface area (Å²) < 4.78 is 0. The molecule has 0 aliphatic carbocycles. The molecular formula is C14H18N2O2. The average molecular weight is 246 g/mol. The third-order valence-electron chi connectivity index (χ3n) is 2.93. The first-order valence-electron chi connectivity index (χ1n) is 6.02. The Morgan fingerprint density at radius 1 is 1.56 bits per heavy atom. The van der Waals surface area contributed by atoms with Gasteiger partial charge in [-0.2, -0.15) is 5.26 Å². The average Bonchev–Trinajstić information content (AvgIpc) is 2.35. The first-order valence-corrected chi connectivity index (χ1v) is 6.02. The highest BCUT2D eigenvalue weighted by atomic mass is 16.4. The topological polar surface area (TPSA) is 73.1 Å². The third kappa shape index (κ3) is 3.77. The van der Waals surface area contributed by atoms with Crippen molar-refractivity contribution in [3.63, 3.8) is 0 Å². The summed E-state index contributed by atoms with van der Waals surface area (Å²) >= 11 is 0. The summed E-state index contributed by atoms with van der Waals surface area (Å²) in [5, 5.41) is 21.0. The van der Waals surface area contributed by atoms with Gasteiger partial charge in [-0.3, -0.25) is 4.79 Å². The minimum absolute atomic E-state index is 0.320. The summed E-state index contributed by atoms with van der Waals surface area (Å²) in [5.41, 5.74) is 2.50. The number of rotatable bonds is 6. The molecule has 0 radical (unpaired) electrons. The van der Waals surface area contributed by atoms with Crippen LogP contribution in [0.1, 0.15) is 30.9 Å². The lowest BCUT2D eigenvalue weighted by atomic mass is 10.1. The second kappa shape index (κ2) is 6.65. The van der Waals surface area contributed by atoms with E-state index in [1.165, 1.54) is 0 Å². The van der Waals surface area contributed by atoms with Crippen LogP contribution in [0.15, 0.2) is 18.2 Å². The first-order chi connectivity index (χ1) is 8.56. The molecule has 0 saturated carbocycles. The zero-order valence-electron chi connectivity index (χ0n) is 10.7. The van der Waals surface area contributed by atoms with Gasteiger partial charge in [-0.05, 0) is 31.4 Å². The van der Waals surface area contributed by atoms with Gasteiger partial charge in [0.05, 0.1) is 17.2 Å². The molecule has 0 bridgehead atoms. The van der Waals surface area contributed by atoms with Crippen LogP contribution in [-0.4, -0.2) is 17.6 Å². The van der Waals surface area contributed by atoms with E-state index in [4.69, 9.17) is 10.4 Å². The molecule has 1 atom stereocenters. The Balaban J connectivity index is 2.50. The number of para-hydroxylation sites is 1. The number of carbonyl (C=O) groups is 1. The molecule has 0 spiro atoms. The molecule has 1 unspecified atom stereocenters. The second-order valence-electron chi connectivity index (χ2n) is 4.42. The second-order valence-corrected chi connectivity index (χ2v) is 4.42. The summed E-state index contributed by atoms with van der Waals surface area (Å²) in [6.45, 7) is 4.33. The SMILES string of the molecule is Cc1cccc(C#N)c1NCCCC(C)C(=O)O. The summed E-state index contributed by atoms with van der Waals surface area (Å²) in [6.07, 6.45) is 1.41. The molecular weight excluding hydrogens is 228 g/mol. The van der Waals surface area contributed by atoms with Gasteiger partial charge in [-0.1, -0.05) is 19.1 Å². The normalized spacial score (nSPS) is 11.6. The van der Waals surface area contributed by atoms with E-state index < -0.39 is 5.97 Å². The summed E-state index contributed by atoms with van der Waals surface area (Å²) in [7, 11) is 0. The fourth-order valence-electron chi connectivity index (χ4n) is 1.74. The van der Waals surface area contributed by atoms with Gasteiger partial charge in [0.25, 0.3) is 0 Å². The number of aliphatic carboxylic acids is 1. The van der Waals surface area contributed by atoms with Crippen molar-refractivity contribution in [2.75, 3.05) is 11.9 Å². The number of benzene rings is 1. The molecule has 18 heavy (non-hydrogen) atoms. The first kappa shape index (κ1) is 14.0. The number of hydrogen-bond donors (Lipinski definition) is 2. The van der Waals surface area contributed by atoms with E-state index in [2.05, 4.69) is 11.4 Å². The van der Waals surface area contributed by atoms with Crippen LogP contribution in [0.3, 0.4) is 0 Å². The van der Waals surface area contributed by atoms with E-state index >= 15 is 0 Å².